The van der Waals surface area contributed by atoms with Crippen molar-refractivity contribution in [3.63, 3.8) is 0 Å². The van der Waals surface area contributed by atoms with Crippen LogP contribution in [-0.2, 0) is 21.4 Å². The topological polar surface area (TPSA) is 101 Å². The van der Waals surface area contributed by atoms with Crippen LogP contribution in [-0.4, -0.2) is 41.5 Å². The average Bonchev–Trinajstić information content (AvgIpc) is 3.08. The lowest BCUT2D eigenvalue weighted by Crippen LogP contribution is -2.32. The van der Waals surface area contributed by atoms with Crippen molar-refractivity contribution in [3.05, 3.63) is 64.6 Å². The van der Waals surface area contributed by atoms with Gasteiger partial charge in [-0.2, -0.15) is 9.40 Å². The molecular formula is C23H26N4O4S. The Kier molecular flexibility index (Phi) is 6.38. The fraction of sp³-hybridized carbons (Fsp3) is 0.348. The first-order chi connectivity index (χ1) is 15.4. The number of aromatic nitrogens is 2. The van der Waals surface area contributed by atoms with Crippen LogP contribution in [0.25, 0.3) is 10.8 Å². The highest BCUT2D eigenvalue weighted by Gasteiger charge is 2.25. The highest BCUT2D eigenvalue weighted by molar-refractivity contribution is 7.89. The molecule has 8 nitrogen and oxygen atoms in total. The molecule has 3 aromatic rings. The number of nitrogens with one attached hydrogen (secondary N) is 1. The lowest BCUT2D eigenvalue weighted by atomic mass is 10.1. The summed E-state index contributed by atoms with van der Waals surface area (Å²) in [6.07, 6.45) is 3.83. The zero-order chi connectivity index (χ0) is 22.7. The number of nitrogens with zero attached hydrogens (tertiary/aromatic N) is 3. The Labute approximate surface area is 186 Å². The van der Waals surface area contributed by atoms with Crippen molar-refractivity contribution < 1.29 is 13.2 Å². The molecule has 1 aliphatic heterocycles. The summed E-state index contributed by atoms with van der Waals surface area (Å²) >= 11 is 0. The van der Waals surface area contributed by atoms with E-state index in [1.807, 2.05) is 12.1 Å². The molecule has 2 aromatic carbocycles. The van der Waals surface area contributed by atoms with Crippen LogP contribution in [0.15, 0.2) is 58.2 Å². The Hall–Kier alpha value is -3.04. The number of carbonyl (C=O) groups excluding carboxylic acids is 1. The third-order valence-corrected chi connectivity index (χ3v) is 7.60. The quantitative estimate of drug-likeness (QED) is 0.639. The van der Waals surface area contributed by atoms with Crippen LogP contribution in [0.5, 0.6) is 0 Å². The normalized spacial score (nSPS) is 15.4. The minimum atomic E-state index is -3.55. The molecular weight excluding hydrogens is 428 g/mol. The van der Waals surface area contributed by atoms with E-state index in [2.05, 4.69) is 10.4 Å². The van der Waals surface area contributed by atoms with E-state index in [9.17, 15) is 18.0 Å². The Morgan fingerprint density at radius 2 is 1.59 bits per heavy atom. The minimum absolute atomic E-state index is 0.209. The summed E-state index contributed by atoms with van der Waals surface area (Å²) in [5.74, 6) is -0.419. The zero-order valence-corrected chi connectivity index (χ0v) is 18.8. The molecule has 1 aliphatic rings. The van der Waals surface area contributed by atoms with Gasteiger partial charge in [-0.1, -0.05) is 31.0 Å². The van der Waals surface area contributed by atoms with E-state index in [-0.39, 0.29) is 17.0 Å². The predicted molar refractivity (Wildman–Crippen MR) is 123 cm³/mol. The number of amides is 1. The minimum Gasteiger partial charge on any atom is -0.324 e. The lowest BCUT2D eigenvalue weighted by molar-refractivity contribution is -0.117. The third kappa shape index (κ3) is 4.58. The van der Waals surface area contributed by atoms with Crippen LogP contribution in [0.4, 0.5) is 5.69 Å². The summed E-state index contributed by atoms with van der Waals surface area (Å²) in [5, 5.41) is 8.22. The van der Waals surface area contributed by atoms with E-state index in [0.29, 0.717) is 29.9 Å². The van der Waals surface area contributed by atoms with Crippen molar-refractivity contribution in [2.24, 2.45) is 0 Å². The van der Waals surface area contributed by atoms with Gasteiger partial charge >= 0.3 is 0 Å². The molecule has 0 bridgehead atoms. The number of sulfonamides is 1. The molecule has 0 aliphatic carbocycles. The number of fused-ring (bicyclic) bond motifs is 1. The monoisotopic (exact) mass is 454 g/mol. The maximum Gasteiger partial charge on any atom is 0.275 e. The number of hydrogen-bond acceptors (Lipinski definition) is 5. The number of hydrogen-bond donors (Lipinski definition) is 1. The van der Waals surface area contributed by atoms with Gasteiger partial charge in [-0.15, -0.1) is 0 Å². The van der Waals surface area contributed by atoms with Crippen molar-refractivity contribution in [2.45, 2.75) is 44.0 Å². The summed E-state index contributed by atoms with van der Waals surface area (Å²) in [5.41, 5.74) is 0.784. The number of aryl methyl sites for hydroxylation is 1. The number of rotatable bonds is 5. The first-order valence-electron chi connectivity index (χ1n) is 10.7. The van der Waals surface area contributed by atoms with Gasteiger partial charge in [0.05, 0.1) is 16.0 Å². The molecule has 168 valence electrons. The SMILES string of the molecule is Cc1nn(CC(=O)Nc2ccc(S(=O)(=O)N3CCCCCC3)cc2)c(=O)c2ccccc12. The molecule has 1 amide bonds. The van der Waals surface area contributed by atoms with E-state index >= 15 is 0 Å². The second kappa shape index (κ2) is 9.22. The van der Waals surface area contributed by atoms with E-state index in [1.54, 1.807) is 31.2 Å². The molecule has 1 aromatic heterocycles. The van der Waals surface area contributed by atoms with Crippen LogP contribution in [0.2, 0.25) is 0 Å². The Morgan fingerprint density at radius 3 is 2.25 bits per heavy atom. The molecule has 0 atom stereocenters. The second-order valence-corrected chi connectivity index (χ2v) is 9.92. The summed E-state index contributed by atoms with van der Waals surface area (Å²) in [4.78, 5) is 25.4. The van der Waals surface area contributed by atoms with Gasteiger partial charge in [-0.3, -0.25) is 9.59 Å². The molecule has 1 N–H and O–H groups in total. The maximum absolute atomic E-state index is 12.9. The number of carbonyl (C=O) groups is 1. The van der Waals surface area contributed by atoms with Gasteiger partial charge < -0.3 is 5.32 Å². The first kappa shape index (κ1) is 22.2. The summed E-state index contributed by atoms with van der Waals surface area (Å²) < 4.78 is 28.4. The molecule has 2 heterocycles. The lowest BCUT2D eigenvalue weighted by Gasteiger charge is -2.20. The van der Waals surface area contributed by atoms with Gasteiger partial charge in [-0.25, -0.2) is 13.1 Å². The molecule has 9 heteroatoms. The van der Waals surface area contributed by atoms with Gasteiger partial charge in [0.2, 0.25) is 15.9 Å². The van der Waals surface area contributed by atoms with E-state index in [1.165, 1.54) is 16.4 Å². The van der Waals surface area contributed by atoms with Gasteiger partial charge in [0.1, 0.15) is 6.54 Å². The summed E-state index contributed by atoms with van der Waals surface area (Å²) in [6, 6.07) is 13.3. The van der Waals surface area contributed by atoms with Crippen molar-refractivity contribution in [1.29, 1.82) is 0 Å². The smallest absolute Gasteiger partial charge is 0.275 e. The second-order valence-electron chi connectivity index (χ2n) is 7.98. The summed E-state index contributed by atoms with van der Waals surface area (Å²) in [6.45, 7) is 2.62. The standard InChI is InChI=1S/C23H26N4O4S/c1-17-20-8-4-5-9-21(20)23(29)27(25-17)16-22(28)24-18-10-12-19(13-11-18)32(30,31)26-14-6-2-3-7-15-26/h4-5,8-13H,2-3,6-7,14-16H2,1H3,(H,24,28). The molecule has 0 unspecified atom stereocenters. The zero-order valence-electron chi connectivity index (χ0n) is 18.0. The third-order valence-electron chi connectivity index (χ3n) is 5.69. The van der Waals surface area contributed by atoms with Crippen molar-refractivity contribution in [2.75, 3.05) is 18.4 Å². The Morgan fingerprint density at radius 1 is 0.969 bits per heavy atom. The summed E-state index contributed by atoms with van der Waals surface area (Å²) in [7, 11) is -3.55. The maximum atomic E-state index is 12.9. The average molecular weight is 455 g/mol. The fourth-order valence-corrected chi connectivity index (χ4v) is 5.51. The Balaban J connectivity index is 1.47. The molecule has 4 rings (SSSR count). The number of benzene rings is 2. The predicted octanol–water partition coefficient (Wildman–Crippen LogP) is 2.91. The van der Waals surface area contributed by atoms with Crippen molar-refractivity contribution in [3.8, 4) is 0 Å². The van der Waals surface area contributed by atoms with Crippen molar-refractivity contribution >= 4 is 32.4 Å². The Bertz CT molecular complexity index is 1290. The van der Waals surface area contributed by atoms with Gasteiger partial charge in [-0.05, 0) is 50.1 Å². The highest BCUT2D eigenvalue weighted by atomic mass is 32.2. The van der Waals surface area contributed by atoms with Crippen LogP contribution in [0, 0.1) is 6.92 Å². The van der Waals surface area contributed by atoms with Gasteiger partial charge in [0.25, 0.3) is 5.56 Å². The molecule has 0 spiro atoms. The molecule has 1 saturated heterocycles. The molecule has 0 saturated carbocycles. The van der Waals surface area contributed by atoms with Gasteiger partial charge in [0.15, 0.2) is 0 Å². The van der Waals surface area contributed by atoms with Crippen LogP contribution < -0.4 is 10.9 Å². The first-order valence-corrected chi connectivity index (χ1v) is 12.2. The van der Waals surface area contributed by atoms with E-state index < -0.39 is 15.9 Å². The van der Waals surface area contributed by atoms with Crippen molar-refractivity contribution in [1.82, 2.24) is 14.1 Å². The largest absolute Gasteiger partial charge is 0.324 e. The number of anilines is 1. The van der Waals surface area contributed by atoms with Crippen LogP contribution >= 0.6 is 0 Å². The molecule has 32 heavy (non-hydrogen) atoms. The highest BCUT2D eigenvalue weighted by Crippen LogP contribution is 2.22. The van der Waals surface area contributed by atoms with E-state index in [4.69, 9.17) is 0 Å². The molecule has 1 fully saturated rings. The molecule has 0 radical (unpaired) electrons. The van der Waals surface area contributed by atoms with E-state index in [0.717, 1.165) is 35.8 Å². The van der Waals surface area contributed by atoms with Crippen LogP contribution in [0.1, 0.15) is 31.4 Å². The fourth-order valence-electron chi connectivity index (χ4n) is 3.99. The van der Waals surface area contributed by atoms with Gasteiger partial charge in [0, 0.05) is 24.2 Å². The van der Waals surface area contributed by atoms with Crippen LogP contribution in [0.3, 0.4) is 0 Å².